The summed E-state index contributed by atoms with van der Waals surface area (Å²) in [4.78, 5) is 10.1. The van der Waals surface area contributed by atoms with Crippen molar-refractivity contribution in [3.8, 4) is 6.07 Å². The molecule has 2 aromatic carbocycles. The first-order valence-electron chi connectivity index (χ1n) is 13.3. The van der Waals surface area contributed by atoms with Crippen LogP contribution in [0.1, 0.15) is 52.5 Å². The van der Waals surface area contributed by atoms with Gasteiger partial charge in [0.25, 0.3) is 0 Å². The van der Waals surface area contributed by atoms with Gasteiger partial charge in [-0.25, -0.2) is 4.98 Å². The summed E-state index contributed by atoms with van der Waals surface area (Å²) >= 11 is 0. The molecule has 1 atom stereocenters. The second-order valence-electron chi connectivity index (χ2n) is 10.8. The van der Waals surface area contributed by atoms with E-state index in [-0.39, 0.29) is 5.92 Å². The minimum absolute atomic E-state index is 0.281. The summed E-state index contributed by atoms with van der Waals surface area (Å²) in [7, 11) is 0. The van der Waals surface area contributed by atoms with Gasteiger partial charge in [0, 0.05) is 26.2 Å². The van der Waals surface area contributed by atoms with Crippen LogP contribution in [-0.2, 0) is 12.0 Å². The monoisotopic (exact) mass is 471 g/mol. The molecule has 0 saturated carbocycles. The molecule has 2 heterocycles. The van der Waals surface area contributed by atoms with Crippen molar-refractivity contribution in [2.75, 3.05) is 37.6 Å². The van der Waals surface area contributed by atoms with Crippen molar-refractivity contribution in [2.45, 2.75) is 58.9 Å². The molecule has 5 heteroatoms. The number of imidazole rings is 1. The Morgan fingerprint density at radius 3 is 2.40 bits per heavy atom. The largest absolute Gasteiger partial charge is 0.341 e. The van der Waals surface area contributed by atoms with Crippen molar-refractivity contribution in [2.24, 2.45) is 11.8 Å². The van der Waals surface area contributed by atoms with Gasteiger partial charge in [-0.15, -0.1) is 0 Å². The lowest BCUT2D eigenvalue weighted by Gasteiger charge is -2.32. The molecule has 186 valence electrons. The Morgan fingerprint density at radius 2 is 1.69 bits per heavy atom. The van der Waals surface area contributed by atoms with Crippen LogP contribution in [-0.4, -0.2) is 47.2 Å². The van der Waals surface area contributed by atoms with E-state index in [1.165, 1.54) is 5.52 Å². The molecule has 0 aliphatic carbocycles. The van der Waals surface area contributed by atoms with Gasteiger partial charge < -0.3 is 14.4 Å². The van der Waals surface area contributed by atoms with Gasteiger partial charge in [-0.3, -0.25) is 0 Å². The Morgan fingerprint density at radius 1 is 0.943 bits per heavy atom. The Kier molecular flexibility index (Phi) is 8.13. The van der Waals surface area contributed by atoms with Gasteiger partial charge in [-0.2, -0.15) is 5.26 Å². The molecule has 1 fully saturated rings. The van der Waals surface area contributed by atoms with Crippen molar-refractivity contribution in [1.82, 2.24) is 14.5 Å². The summed E-state index contributed by atoms with van der Waals surface area (Å²) in [5.74, 6) is 1.97. The first-order valence-corrected chi connectivity index (χ1v) is 13.3. The highest BCUT2D eigenvalue weighted by Gasteiger charge is 2.35. The zero-order valence-corrected chi connectivity index (χ0v) is 22.0. The summed E-state index contributed by atoms with van der Waals surface area (Å²) in [6, 6.07) is 21.6. The number of rotatable bonds is 9. The third kappa shape index (κ3) is 5.54. The number of anilines is 1. The molecular weight excluding hydrogens is 430 g/mol. The van der Waals surface area contributed by atoms with Crippen LogP contribution in [0.2, 0.25) is 0 Å². The number of para-hydroxylation sites is 2. The first-order chi connectivity index (χ1) is 16.9. The fraction of sp³-hybridized carbons (Fsp3) is 0.533. The van der Waals surface area contributed by atoms with E-state index < -0.39 is 5.41 Å². The second-order valence-corrected chi connectivity index (χ2v) is 10.8. The van der Waals surface area contributed by atoms with Crippen molar-refractivity contribution in [1.29, 1.82) is 5.26 Å². The molecule has 1 aliphatic rings. The maximum Gasteiger partial charge on any atom is 0.206 e. The van der Waals surface area contributed by atoms with Crippen molar-refractivity contribution >= 4 is 17.0 Å². The summed E-state index contributed by atoms with van der Waals surface area (Å²) in [6.07, 6.45) is 3.07. The van der Waals surface area contributed by atoms with Gasteiger partial charge in [0.1, 0.15) is 0 Å². The molecule has 35 heavy (non-hydrogen) atoms. The minimum atomic E-state index is -0.416. The zero-order chi connectivity index (χ0) is 24.8. The third-order valence-electron chi connectivity index (χ3n) is 7.57. The molecule has 1 aliphatic heterocycles. The van der Waals surface area contributed by atoms with Gasteiger partial charge in [-0.05, 0) is 61.9 Å². The van der Waals surface area contributed by atoms with Gasteiger partial charge in [0.2, 0.25) is 5.95 Å². The highest BCUT2D eigenvalue weighted by Crippen LogP contribution is 2.36. The van der Waals surface area contributed by atoms with E-state index in [2.05, 4.69) is 96.7 Å². The topological polar surface area (TPSA) is 48.1 Å². The molecule has 5 nitrogen and oxygen atoms in total. The fourth-order valence-electron chi connectivity index (χ4n) is 5.58. The van der Waals surface area contributed by atoms with Crippen LogP contribution < -0.4 is 4.90 Å². The molecule has 1 saturated heterocycles. The van der Waals surface area contributed by atoms with E-state index in [9.17, 15) is 5.26 Å². The van der Waals surface area contributed by atoms with Gasteiger partial charge in [0.15, 0.2) is 0 Å². The quantitative estimate of drug-likeness (QED) is 0.378. The first kappa shape index (κ1) is 25.3. The fourth-order valence-corrected chi connectivity index (χ4v) is 5.58. The average Bonchev–Trinajstić information content (AvgIpc) is 3.04. The molecular formula is C30H41N5. The molecule has 0 radical (unpaired) electrons. The normalized spacial score (nSPS) is 17.0. The van der Waals surface area contributed by atoms with Crippen LogP contribution in [0.5, 0.6) is 0 Å². The smallest absolute Gasteiger partial charge is 0.206 e. The SMILES string of the molecule is CC(C)Cn1c(N2CCCN(CCCC(C#N)(c3ccccc3)C(C)C)CC2)nc2ccccc21. The highest BCUT2D eigenvalue weighted by molar-refractivity contribution is 5.78. The zero-order valence-electron chi connectivity index (χ0n) is 22.0. The van der Waals surface area contributed by atoms with E-state index in [0.29, 0.717) is 5.92 Å². The van der Waals surface area contributed by atoms with E-state index >= 15 is 0 Å². The molecule has 0 spiro atoms. The maximum absolute atomic E-state index is 10.2. The Hall–Kier alpha value is -2.84. The summed E-state index contributed by atoms with van der Waals surface area (Å²) in [5.41, 5.74) is 3.07. The van der Waals surface area contributed by atoms with Crippen LogP contribution in [0.3, 0.4) is 0 Å². The Bertz CT molecular complexity index is 1130. The van der Waals surface area contributed by atoms with Crippen LogP contribution in [0, 0.1) is 23.2 Å². The lowest BCUT2D eigenvalue weighted by molar-refractivity contribution is 0.265. The molecule has 1 aromatic heterocycles. The Labute approximate surface area is 211 Å². The predicted molar refractivity (Wildman–Crippen MR) is 146 cm³/mol. The number of nitrogens with zero attached hydrogens (tertiary/aromatic N) is 5. The molecule has 3 aromatic rings. The van der Waals surface area contributed by atoms with Gasteiger partial charge in [-0.1, -0.05) is 70.2 Å². The van der Waals surface area contributed by atoms with E-state index in [4.69, 9.17) is 4.98 Å². The number of fused-ring (bicyclic) bond motifs is 1. The van der Waals surface area contributed by atoms with Crippen molar-refractivity contribution < 1.29 is 0 Å². The number of hydrogen-bond donors (Lipinski definition) is 0. The standard InChI is InChI=1S/C30H41N5/c1-24(2)22-35-28-15-9-8-14-27(28)32-29(35)34-19-11-18-33(20-21-34)17-10-16-30(23-31,25(3)4)26-12-6-5-7-13-26/h5-9,12-15,24-25H,10-11,16-22H2,1-4H3. The molecule has 0 N–H and O–H groups in total. The maximum atomic E-state index is 10.2. The van der Waals surface area contributed by atoms with Crippen LogP contribution in [0.15, 0.2) is 54.6 Å². The summed E-state index contributed by atoms with van der Waals surface area (Å²) in [5, 5.41) is 10.2. The van der Waals surface area contributed by atoms with Crippen LogP contribution in [0.25, 0.3) is 11.0 Å². The van der Waals surface area contributed by atoms with E-state index in [1.807, 2.05) is 6.07 Å². The molecule has 0 amide bonds. The predicted octanol–water partition coefficient (Wildman–Crippen LogP) is 6.10. The van der Waals surface area contributed by atoms with E-state index in [0.717, 1.165) is 75.6 Å². The minimum Gasteiger partial charge on any atom is -0.341 e. The third-order valence-corrected chi connectivity index (χ3v) is 7.57. The number of nitriles is 1. The van der Waals surface area contributed by atoms with Crippen LogP contribution >= 0.6 is 0 Å². The summed E-state index contributed by atoms with van der Waals surface area (Å²) in [6.45, 7) is 15.1. The van der Waals surface area contributed by atoms with E-state index in [1.54, 1.807) is 0 Å². The Balaban J connectivity index is 1.41. The lowest BCUT2D eigenvalue weighted by Crippen LogP contribution is -2.35. The second kappa shape index (κ2) is 11.3. The molecule has 0 bridgehead atoms. The highest BCUT2D eigenvalue weighted by atomic mass is 15.3. The lowest BCUT2D eigenvalue weighted by atomic mass is 9.70. The number of hydrogen-bond acceptors (Lipinski definition) is 4. The van der Waals surface area contributed by atoms with Crippen LogP contribution in [0.4, 0.5) is 5.95 Å². The summed E-state index contributed by atoms with van der Waals surface area (Å²) < 4.78 is 2.42. The number of benzene rings is 2. The van der Waals surface area contributed by atoms with Gasteiger partial charge in [0.05, 0.1) is 22.5 Å². The number of aromatic nitrogens is 2. The molecule has 1 unspecified atom stereocenters. The van der Waals surface area contributed by atoms with Crippen molar-refractivity contribution in [3.05, 3.63) is 60.2 Å². The molecule has 4 rings (SSSR count). The average molecular weight is 472 g/mol. The van der Waals surface area contributed by atoms with Crippen molar-refractivity contribution in [3.63, 3.8) is 0 Å². The van der Waals surface area contributed by atoms with Gasteiger partial charge >= 0.3 is 0 Å².